The first-order valence-corrected chi connectivity index (χ1v) is 4.77. The molecule has 1 aromatic heterocycles. The van der Waals surface area contributed by atoms with Crippen LogP contribution in [0.5, 0.6) is 0 Å². The number of pyridine rings is 1. The zero-order chi connectivity index (χ0) is 10.9. The number of aliphatic imine (C=N–C) groups is 1. The Morgan fingerprint density at radius 1 is 1.27 bits per heavy atom. The molecule has 0 fully saturated rings. The van der Waals surface area contributed by atoms with Gasteiger partial charge in [-0.25, -0.2) is 0 Å². The van der Waals surface area contributed by atoms with Crippen LogP contribution >= 0.6 is 0 Å². The Morgan fingerprint density at radius 2 is 2.13 bits per heavy atom. The van der Waals surface area contributed by atoms with Crippen molar-refractivity contribution in [3.63, 3.8) is 0 Å². The molecule has 1 aromatic rings. The first-order chi connectivity index (χ1) is 7.29. The van der Waals surface area contributed by atoms with Gasteiger partial charge in [-0.05, 0) is 37.6 Å². The first-order valence-electron chi connectivity index (χ1n) is 4.77. The molecule has 0 amide bonds. The predicted molar refractivity (Wildman–Crippen MR) is 63.9 cm³/mol. The Labute approximate surface area is 90.4 Å². The largest absolute Gasteiger partial charge is 0.264 e. The van der Waals surface area contributed by atoms with E-state index in [1.807, 2.05) is 50.4 Å². The second-order valence-corrected chi connectivity index (χ2v) is 3.12. The van der Waals surface area contributed by atoms with Crippen LogP contribution in [0, 0.1) is 6.92 Å². The van der Waals surface area contributed by atoms with Crippen LogP contribution in [0.15, 0.2) is 59.7 Å². The van der Waals surface area contributed by atoms with Gasteiger partial charge in [0.15, 0.2) is 0 Å². The van der Waals surface area contributed by atoms with Gasteiger partial charge < -0.3 is 0 Å². The lowest BCUT2D eigenvalue weighted by molar-refractivity contribution is 1.27. The zero-order valence-electron chi connectivity index (χ0n) is 9.01. The average Bonchev–Trinajstić information content (AvgIpc) is 2.48. The van der Waals surface area contributed by atoms with E-state index in [9.17, 15) is 0 Å². The van der Waals surface area contributed by atoms with Gasteiger partial charge in [0.2, 0.25) is 0 Å². The van der Waals surface area contributed by atoms with Crippen LogP contribution < -0.4 is 0 Å². The molecule has 0 aromatic carbocycles. The van der Waals surface area contributed by atoms with Crippen molar-refractivity contribution in [2.24, 2.45) is 4.99 Å². The highest BCUT2D eigenvalue weighted by molar-refractivity contribution is 5.93. The fourth-order valence-corrected chi connectivity index (χ4v) is 0.916. The van der Waals surface area contributed by atoms with Crippen LogP contribution in [0.2, 0.25) is 0 Å². The topological polar surface area (TPSA) is 25.2 Å². The van der Waals surface area contributed by atoms with Gasteiger partial charge >= 0.3 is 0 Å². The molecule has 2 heterocycles. The van der Waals surface area contributed by atoms with Crippen molar-refractivity contribution in [1.29, 1.82) is 0 Å². The minimum absolute atomic E-state index is 1.02. The van der Waals surface area contributed by atoms with Crippen molar-refractivity contribution < 1.29 is 0 Å². The lowest BCUT2D eigenvalue weighted by Gasteiger charge is -1.82. The van der Waals surface area contributed by atoms with E-state index in [0.29, 0.717) is 0 Å². The van der Waals surface area contributed by atoms with E-state index < -0.39 is 0 Å². The van der Waals surface area contributed by atoms with Crippen molar-refractivity contribution in [3.8, 4) is 0 Å². The van der Waals surface area contributed by atoms with Crippen LogP contribution in [-0.4, -0.2) is 10.7 Å². The number of rotatable bonds is 0. The summed E-state index contributed by atoms with van der Waals surface area (Å²) in [5.74, 6) is 0. The van der Waals surface area contributed by atoms with E-state index in [-0.39, 0.29) is 0 Å². The Morgan fingerprint density at radius 3 is 2.73 bits per heavy atom. The molecule has 0 aliphatic carbocycles. The lowest BCUT2D eigenvalue weighted by Crippen LogP contribution is -1.78. The summed E-state index contributed by atoms with van der Waals surface area (Å²) in [5.41, 5.74) is 5.08. The van der Waals surface area contributed by atoms with E-state index >= 15 is 0 Å². The molecule has 0 bridgehead atoms. The normalized spacial score (nSPS) is 12.5. The van der Waals surface area contributed by atoms with E-state index in [1.54, 1.807) is 12.4 Å². The molecular formula is C13H14N2. The van der Waals surface area contributed by atoms with Crippen molar-refractivity contribution in [1.82, 2.24) is 4.98 Å². The van der Waals surface area contributed by atoms with Crippen molar-refractivity contribution in [2.45, 2.75) is 13.8 Å². The Hall–Kier alpha value is -1.92. The van der Waals surface area contributed by atoms with Crippen LogP contribution in [0.4, 0.5) is 0 Å². The third kappa shape index (κ3) is 5.40. The van der Waals surface area contributed by atoms with Gasteiger partial charge in [0.1, 0.15) is 0 Å². The van der Waals surface area contributed by atoms with Crippen molar-refractivity contribution >= 4 is 5.71 Å². The molecule has 2 rings (SSSR count). The molecule has 1 aliphatic rings. The first kappa shape index (κ1) is 11.2. The number of aryl methyl sites for hydroxylation is 1. The number of hydrogen-bond donors (Lipinski definition) is 0. The fraction of sp³-hybridized carbons (Fsp3) is 0.154. The predicted octanol–water partition coefficient (Wildman–Crippen LogP) is 3.08. The smallest absolute Gasteiger partial charge is 0.0689 e. The summed E-state index contributed by atoms with van der Waals surface area (Å²) in [6.07, 6.45) is 11.0. The van der Waals surface area contributed by atoms with Crippen molar-refractivity contribution in [3.05, 3.63) is 60.2 Å². The minimum Gasteiger partial charge on any atom is -0.264 e. The van der Waals surface area contributed by atoms with Crippen LogP contribution in [-0.2, 0) is 0 Å². The quantitative estimate of drug-likeness (QED) is 0.588. The van der Waals surface area contributed by atoms with E-state index in [4.69, 9.17) is 0 Å². The molecule has 0 unspecified atom stereocenters. The molecule has 1 aliphatic heterocycles. The molecule has 0 saturated carbocycles. The highest BCUT2D eigenvalue weighted by Gasteiger charge is 1.78. The fourth-order valence-electron chi connectivity index (χ4n) is 0.916. The zero-order valence-corrected chi connectivity index (χ0v) is 9.01. The molecule has 2 heteroatoms. The van der Waals surface area contributed by atoms with Gasteiger partial charge in [-0.15, -0.1) is 5.73 Å². The van der Waals surface area contributed by atoms with E-state index in [1.165, 1.54) is 5.56 Å². The number of nitrogens with zero attached hydrogens (tertiary/aromatic N) is 2. The number of aromatic nitrogens is 1. The second-order valence-electron chi connectivity index (χ2n) is 3.12. The van der Waals surface area contributed by atoms with Crippen molar-refractivity contribution in [2.75, 3.05) is 0 Å². The molecule has 2 nitrogen and oxygen atoms in total. The SMILES string of the molecule is CC1=NC=C=CC=C1.Cc1cccnc1. The van der Waals surface area contributed by atoms with E-state index in [2.05, 4.69) is 15.7 Å². The van der Waals surface area contributed by atoms with Crippen LogP contribution in [0.1, 0.15) is 12.5 Å². The van der Waals surface area contributed by atoms with Crippen LogP contribution in [0.25, 0.3) is 0 Å². The lowest BCUT2D eigenvalue weighted by atomic mass is 10.3. The summed E-state index contributed by atoms with van der Waals surface area (Å²) < 4.78 is 0. The van der Waals surface area contributed by atoms with Crippen LogP contribution in [0.3, 0.4) is 0 Å². The standard InChI is InChI=1S/C7H7N.C6H7N/c1-7-5-3-2-4-6-8-7;1-6-3-2-4-7-5-6/h2-3,5-6H,1H3;2-5H,1H3. The number of hydrogen-bond acceptors (Lipinski definition) is 2. The average molecular weight is 198 g/mol. The summed E-state index contributed by atoms with van der Waals surface area (Å²) in [5, 5.41) is 0. The van der Waals surface area contributed by atoms with Gasteiger partial charge in [-0.1, -0.05) is 12.1 Å². The minimum atomic E-state index is 1.02. The van der Waals surface area contributed by atoms with Gasteiger partial charge in [0.05, 0.1) is 6.20 Å². The van der Waals surface area contributed by atoms with E-state index in [0.717, 1.165) is 5.71 Å². The summed E-state index contributed by atoms with van der Waals surface area (Å²) >= 11 is 0. The molecule has 0 atom stereocenters. The summed E-state index contributed by atoms with van der Waals surface area (Å²) in [6.45, 7) is 3.97. The molecule has 0 radical (unpaired) electrons. The number of allylic oxidation sites excluding steroid dienone is 3. The third-order valence-electron chi connectivity index (χ3n) is 1.68. The maximum absolute atomic E-state index is 3.99. The van der Waals surface area contributed by atoms with Gasteiger partial charge in [0, 0.05) is 18.1 Å². The Bertz CT molecular complexity index is 407. The monoisotopic (exact) mass is 198 g/mol. The maximum Gasteiger partial charge on any atom is 0.0689 e. The molecule has 0 N–H and O–H groups in total. The molecular weight excluding hydrogens is 184 g/mol. The highest BCUT2D eigenvalue weighted by Crippen LogP contribution is 1.88. The Balaban J connectivity index is 0.000000151. The van der Waals surface area contributed by atoms with Gasteiger partial charge in [-0.2, -0.15) is 0 Å². The molecule has 15 heavy (non-hydrogen) atoms. The van der Waals surface area contributed by atoms with Gasteiger partial charge in [-0.3, -0.25) is 9.98 Å². The molecule has 0 spiro atoms. The molecule has 76 valence electrons. The summed E-state index contributed by atoms with van der Waals surface area (Å²) in [4.78, 5) is 7.87. The Kier molecular flexibility index (Phi) is 4.85. The van der Waals surface area contributed by atoms with Gasteiger partial charge in [0.25, 0.3) is 0 Å². The summed E-state index contributed by atoms with van der Waals surface area (Å²) in [7, 11) is 0. The second kappa shape index (κ2) is 6.52. The highest BCUT2D eigenvalue weighted by atomic mass is 14.7. The summed E-state index contributed by atoms with van der Waals surface area (Å²) in [6, 6.07) is 3.95. The maximum atomic E-state index is 3.99. The molecule has 0 saturated heterocycles. The third-order valence-corrected chi connectivity index (χ3v) is 1.68.